The molecule has 17 heavy (non-hydrogen) atoms. The first-order valence-electron chi connectivity index (χ1n) is 4.64. The molecule has 0 aromatic heterocycles. The molecule has 1 amide bonds. The molecule has 1 N–H and O–H groups in total. The van der Waals surface area contributed by atoms with Crippen molar-refractivity contribution in [1.29, 1.82) is 0 Å². The lowest BCUT2D eigenvalue weighted by Crippen LogP contribution is -2.19. The summed E-state index contributed by atoms with van der Waals surface area (Å²) in [5.74, 6) is 0.356. The number of benzene rings is 1. The van der Waals surface area contributed by atoms with Crippen LogP contribution in [0.3, 0.4) is 0 Å². The Morgan fingerprint density at radius 2 is 2.35 bits per heavy atom. The average Bonchev–Trinajstić information content (AvgIpc) is 2.70. The topological polar surface area (TPSA) is 53.8 Å². The molecule has 0 spiro atoms. The van der Waals surface area contributed by atoms with Crippen molar-refractivity contribution in [3.63, 3.8) is 0 Å². The maximum atomic E-state index is 10.9. The van der Waals surface area contributed by atoms with Crippen LogP contribution in [0, 0.1) is 0 Å². The number of thioether (sulfide) groups is 1. The second-order valence-electron chi connectivity index (χ2n) is 3.16. The lowest BCUT2D eigenvalue weighted by Gasteiger charge is -1.96. The van der Waals surface area contributed by atoms with Crippen LogP contribution in [0.2, 0.25) is 5.02 Å². The van der Waals surface area contributed by atoms with Gasteiger partial charge in [0, 0.05) is 4.47 Å². The second-order valence-corrected chi connectivity index (χ2v) is 5.39. The van der Waals surface area contributed by atoms with E-state index in [9.17, 15) is 4.79 Å². The molecule has 0 unspecified atom stereocenters. The predicted molar refractivity (Wildman–Crippen MR) is 74.8 cm³/mol. The van der Waals surface area contributed by atoms with Crippen LogP contribution >= 0.6 is 39.3 Å². The maximum absolute atomic E-state index is 10.9. The molecule has 1 fully saturated rings. The molecule has 4 nitrogen and oxygen atoms in total. The van der Waals surface area contributed by atoms with Gasteiger partial charge in [-0.05, 0) is 33.6 Å². The highest BCUT2D eigenvalue weighted by molar-refractivity contribution is 9.10. The minimum absolute atomic E-state index is 0.0457. The Labute approximate surface area is 116 Å². The molecule has 1 heterocycles. The zero-order chi connectivity index (χ0) is 12.3. The fourth-order valence-electron chi connectivity index (χ4n) is 1.12. The Balaban J connectivity index is 2.05. The van der Waals surface area contributed by atoms with Gasteiger partial charge in [-0.1, -0.05) is 29.4 Å². The summed E-state index contributed by atoms with van der Waals surface area (Å²) >= 11 is 10.6. The van der Waals surface area contributed by atoms with E-state index >= 15 is 0 Å². The van der Waals surface area contributed by atoms with Gasteiger partial charge in [0.15, 0.2) is 5.17 Å². The van der Waals surface area contributed by atoms with Gasteiger partial charge in [0.25, 0.3) is 0 Å². The minimum Gasteiger partial charge on any atom is -0.303 e. The first kappa shape index (κ1) is 12.6. The molecule has 0 bridgehead atoms. The molecule has 2 rings (SSSR count). The largest absolute Gasteiger partial charge is 0.303 e. The lowest BCUT2D eigenvalue weighted by atomic mass is 10.2. The van der Waals surface area contributed by atoms with Crippen LogP contribution < -0.4 is 5.32 Å². The van der Waals surface area contributed by atoms with Crippen molar-refractivity contribution in [3.8, 4) is 0 Å². The molecule has 7 heteroatoms. The Bertz CT molecular complexity index is 518. The zero-order valence-corrected chi connectivity index (χ0v) is 11.6. The molecule has 1 aliphatic rings. The van der Waals surface area contributed by atoms with Crippen molar-refractivity contribution >= 4 is 56.6 Å². The molecule has 1 aliphatic heterocycles. The highest BCUT2D eigenvalue weighted by atomic mass is 79.9. The average molecular weight is 333 g/mol. The van der Waals surface area contributed by atoms with E-state index in [4.69, 9.17) is 11.6 Å². The van der Waals surface area contributed by atoms with E-state index in [1.165, 1.54) is 11.8 Å². The number of nitrogens with zero attached hydrogens (tertiary/aromatic N) is 2. The minimum atomic E-state index is -0.0457. The number of halogens is 2. The Kier molecular flexibility index (Phi) is 4.20. The van der Waals surface area contributed by atoms with Crippen LogP contribution in [0.5, 0.6) is 0 Å². The van der Waals surface area contributed by atoms with Gasteiger partial charge in [-0.3, -0.25) is 4.79 Å². The van der Waals surface area contributed by atoms with Gasteiger partial charge in [-0.15, -0.1) is 5.10 Å². The molecule has 1 aromatic carbocycles. The fourth-order valence-corrected chi connectivity index (χ4v) is 2.19. The fraction of sp³-hybridized carbons (Fsp3) is 0.100. The summed E-state index contributed by atoms with van der Waals surface area (Å²) in [5.41, 5.74) is 0.844. The number of hydrogen-bond donors (Lipinski definition) is 1. The summed E-state index contributed by atoms with van der Waals surface area (Å²) in [7, 11) is 0. The predicted octanol–water partition coefficient (Wildman–Crippen LogP) is 2.66. The van der Waals surface area contributed by atoms with Crippen molar-refractivity contribution in [1.82, 2.24) is 5.32 Å². The van der Waals surface area contributed by atoms with E-state index in [2.05, 4.69) is 31.4 Å². The van der Waals surface area contributed by atoms with Crippen molar-refractivity contribution in [2.24, 2.45) is 10.2 Å². The summed E-state index contributed by atoms with van der Waals surface area (Å²) in [6.07, 6.45) is 1.58. The Morgan fingerprint density at radius 1 is 1.53 bits per heavy atom. The zero-order valence-electron chi connectivity index (χ0n) is 8.48. The van der Waals surface area contributed by atoms with E-state index in [-0.39, 0.29) is 5.91 Å². The van der Waals surface area contributed by atoms with Crippen LogP contribution in [0.4, 0.5) is 0 Å². The van der Waals surface area contributed by atoms with Gasteiger partial charge in [0.05, 0.1) is 17.0 Å². The summed E-state index contributed by atoms with van der Waals surface area (Å²) in [5, 5.41) is 11.5. The van der Waals surface area contributed by atoms with E-state index in [1.807, 2.05) is 12.1 Å². The normalized spacial score (nSPS) is 18.0. The van der Waals surface area contributed by atoms with E-state index < -0.39 is 0 Å². The lowest BCUT2D eigenvalue weighted by molar-refractivity contribution is -0.116. The highest BCUT2D eigenvalue weighted by Gasteiger charge is 2.15. The maximum Gasteiger partial charge on any atom is 0.236 e. The quantitative estimate of drug-likeness (QED) is 0.668. The molecule has 0 radical (unpaired) electrons. The molecule has 1 aromatic rings. The summed E-state index contributed by atoms with van der Waals surface area (Å²) in [6, 6.07) is 5.47. The summed E-state index contributed by atoms with van der Waals surface area (Å²) in [6.45, 7) is 0. The third-order valence-corrected chi connectivity index (χ3v) is 3.98. The second kappa shape index (κ2) is 5.66. The number of amidine groups is 1. The van der Waals surface area contributed by atoms with Crippen molar-refractivity contribution in [2.45, 2.75) is 0 Å². The van der Waals surface area contributed by atoms with Crippen LogP contribution in [0.25, 0.3) is 0 Å². The standard InChI is InChI=1S/C10H7BrClN3OS/c11-7-2-1-6(3-8(7)12)4-13-15-10-14-9(16)5-17-10/h1-4H,5H2,(H,14,15,16). The smallest absolute Gasteiger partial charge is 0.236 e. The number of amides is 1. The van der Waals surface area contributed by atoms with Gasteiger partial charge >= 0.3 is 0 Å². The molecule has 1 saturated heterocycles. The number of carbonyl (C=O) groups is 1. The highest BCUT2D eigenvalue weighted by Crippen LogP contribution is 2.22. The van der Waals surface area contributed by atoms with Crippen molar-refractivity contribution < 1.29 is 4.79 Å². The SMILES string of the molecule is O=C1CSC(=NN=Cc2ccc(Br)c(Cl)c2)N1. The molecular weight excluding hydrogens is 326 g/mol. The molecular formula is C10H7BrClN3OS. The van der Waals surface area contributed by atoms with Gasteiger partial charge in [0.2, 0.25) is 5.91 Å². The van der Waals surface area contributed by atoms with Gasteiger partial charge < -0.3 is 5.32 Å². The number of hydrogen-bond acceptors (Lipinski definition) is 4. The monoisotopic (exact) mass is 331 g/mol. The van der Waals surface area contributed by atoms with Crippen LogP contribution in [0.1, 0.15) is 5.56 Å². The molecule has 0 aliphatic carbocycles. The third-order valence-electron chi connectivity index (χ3n) is 1.89. The summed E-state index contributed by atoms with van der Waals surface area (Å²) in [4.78, 5) is 10.9. The van der Waals surface area contributed by atoms with Crippen molar-refractivity contribution in [2.75, 3.05) is 5.75 Å². The van der Waals surface area contributed by atoms with E-state index in [0.29, 0.717) is 15.9 Å². The van der Waals surface area contributed by atoms with Crippen molar-refractivity contribution in [3.05, 3.63) is 33.3 Å². The van der Waals surface area contributed by atoms with Crippen LogP contribution in [0.15, 0.2) is 32.9 Å². The van der Waals surface area contributed by atoms with Gasteiger partial charge in [0.1, 0.15) is 0 Å². The number of carbonyl (C=O) groups excluding carboxylic acids is 1. The number of rotatable bonds is 2. The van der Waals surface area contributed by atoms with E-state index in [1.54, 1.807) is 12.3 Å². The van der Waals surface area contributed by atoms with Gasteiger partial charge in [-0.25, -0.2) is 0 Å². The Hall–Kier alpha value is -0.850. The third kappa shape index (κ3) is 3.55. The molecule has 0 atom stereocenters. The molecule has 0 saturated carbocycles. The van der Waals surface area contributed by atoms with E-state index in [0.717, 1.165) is 10.0 Å². The van der Waals surface area contributed by atoms with Crippen LogP contribution in [-0.4, -0.2) is 23.0 Å². The first-order valence-corrected chi connectivity index (χ1v) is 6.79. The first-order chi connectivity index (χ1) is 8.15. The number of nitrogens with one attached hydrogen (secondary N) is 1. The van der Waals surface area contributed by atoms with Crippen LogP contribution in [-0.2, 0) is 4.79 Å². The van der Waals surface area contributed by atoms with Gasteiger partial charge in [-0.2, -0.15) is 5.10 Å². The Morgan fingerprint density at radius 3 is 3.00 bits per heavy atom. The molecule has 88 valence electrons. The summed E-state index contributed by atoms with van der Waals surface area (Å²) < 4.78 is 0.834.